The Morgan fingerprint density at radius 1 is 1.44 bits per heavy atom. The number of aryl methyl sites for hydroxylation is 1. The zero-order chi connectivity index (χ0) is 13.1. The Bertz CT molecular complexity index is 540. The van der Waals surface area contributed by atoms with Crippen LogP contribution in [-0.2, 0) is 0 Å². The summed E-state index contributed by atoms with van der Waals surface area (Å²) in [6.45, 7) is 4.00. The van der Waals surface area contributed by atoms with E-state index in [0.717, 1.165) is 22.0 Å². The molecule has 2 rings (SSSR count). The van der Waals surface area contributed by atoms with Gasteiger partial charge >= 0.3 is 0 Å². The average Bonchev–Trinajstić information content (AvgIpc) is 2.82. The van der Waals surface area contributed by atoms with Crippen molar-refractivity contribution >= 4 is 15.9 Å². The summed E-state index contributed by atoms with van der Waals surface area (Å²) < 4.78 is 6.10. The molecule has 1 heterocycles. The molecule has 0 saturated heterocycles. The molecule has 4 nitrogen and oxygen atoms in total. The van der Waals surface area contributed by atoms with Gasteiger partial charge in [-0.2, -0.15) is 4.98 Å². The summed E-state index contributed by atoms with van der Waals surface area (Å²) in [6, 6.07) is 5.90. The SMILES string of the molecule is CCCC(O)c1noc(-c2cc(C)ccc2Br)n1. The summed E-state index contributed by atoms with van der Waals surface area (Å²) in [5.41, 5.74) is 1.96. The van der Waals surface area contributed by atoms with Crippen LogP contribution in [0.2, 0.25) is 0 Å². The van der Waals surface area contributed by atoms with Gasteiger partial charge in [-0.25, -0.2) is 0 Å². The molecule has 1 aromatic carbocycles. The van der Waals surface area contributed by atoms with Gasteiger partial charge in [0, 0.05) is 4.47 Å². The molecule has 0 bridgehead atoms. The Morgan fingerprint density at radius 2 is 2.22 bits per heavy atom. The number of aromatic nitrogens is 2. The average molecular weight is 311 g/mol. The Kier molecular flexibility index (Phi) is 4.14. The molecule has 0 saturated carbocycles. The summed E-state index contributed by atoms with van der Waals surface area (Å²) in [5, 5.41) is 13.6. The van der Waals surface area contributed by atoms with E-state index in [1.54, 1.807) is 0 Å². The fraction of sp³-hybridized carbons (Fsp3) is 0.385. The maximum Gasteiger partial charge on any atom is 0.259 e. The summed E-state index contributed by atoms with van der Waals surface area (Å²) in [7, 11) is 0. The molecule has 2 aromatic rings. The number of aliphatic hydroxyl groups excluding tert-OH is 1. The van der Waals surface area contributed by atoms with Gasteiger partial charge in [0.05, 0.1) is 5.56 Å². The van der Waals surface area contributed by atoms with Gasteiger partial charge in [-0.15, -0.1) is 0 Å². The number of benzene rings is 1. The summed E-state index contributed by atoms with van der Waals surface area (Å²) in [4.78, 5) is 4.24. The van der Waals surface area contributed by atoms with E-state index >= 15 is 0 Å². The molecule has 0 aliphatic heterocycles. The second-order valence-corrected chi connectivity index (χ2v) is 5.10. The third-order valence-corrected chi connectivity index (χ3v) is 3.35. The van der Waals surface area contributed by atoms with Gasteiger partial charge in [-0.3, -0.25) is 0 Å². The highest BCUT2D eigenvalue weighted by Crippen LogP contribution is 2.29. The molecule has 0 spiro atoms. The number of nitrogens with zero attached hydrogens (tertiary/aromatic N) is 2. The molecular formula is C13H15BrN2O2. The molecular weight excluding hydrogens is 296 g/mol. The Morgan fingerprint density at radius 3 is 2.94 bits per heavy atom. The third kappa shape index (κ3) is 2.79. The third-order valence-electron chi connectivity index (χ3n) is 2.65. The summed E-state index contributed by atoms with van der Waals surface area (Å²) >= 11 is 3.45. The molecule has 0 fully saturated rings. The predicted octanol–water partition coefficient (Wildman–Crippen LogP) is 3.64. The van der Waals surface area contributed by atoms with Crippen LogP contribution >= 0.6 is 15.9 Å². The van der Waals surface area contributed by atoms with E-state index in [-0.39, 0.29) is 0 Å². The van der Waals surface area contributed by atoms with Crippen molar-refractivity contribution in [1.29, 1.82) is 0 Å². The number of aliphatic hydroxyl groups is 1. The van der Waals surface area contributed by atoms with E-state index in [0.29, 0.717) is 18.1 Å². The maximum atomic E-state index is 9.81. The second-order valence-electron chi connectivity index (χ2n) is 4.25. The lowest BCUT2D eigenvalue weighted by Crippen LogP contribution is -1.98. The van der Waals surface area contributed by atoms with Gasteiger partial charge < -0.3 is 9.63 Å². The Labute approximate surface area is 114 Å². The van der Waals surface area contributed by atoms with Crippen LogP contribution in [-0.4, -0.2) is 15.2 Å². The Hall–Kier alpha value is -1.20. The monoisotopic (exact) mass is 310 g/mol. The molecule has 0 aliphatic carbocycles. The number of rotatable bonds is 4. The first-order chi connectivity index (χ1) is 8.61. The van der Waals surface area contributed by atoms with E-state index in [2.05, 4.69) is 26.1 Å². The molecule has 0 aliphatic rings. The molecule has 18 heavy (non-hydrogen) atoms. The highest BCUT2D eigenvalue weighted by atomic mass is 79.9. The quantitative estimate of drug-likeness (QED) is 0.936. The van der Waals surface area contributed by atoms with Crippen LogP contribution < -0.4 is 0 Å². The fourth-order valence-corrected chi connectivity index (χ4v) is 2.10. The van der Waals surface area contributed by atoms with Crippen molar-refractivity contribution in [3.05, 3.63) is 34.1 Å². The molecule has 1 N–H and O–H groups in total. The lowest BCUT2D eigenvalue weighted by atomic mass is 10.1. The van der Waals surface area contributed by atoms with Crippen molar-refractivity contribution in [3.63, 3.8) is 0 Å². The van der Waals surface area contributed by atoms with Crippen molar-refractivity contribution in [2.45, 2.75) is 32.8 Å². The first-order valence-corrected chi connectivity index (χ1v) is 6.69. The fourth-order valence-electron chi connectivity index (χ4n) is 1.69. The molecule has 1 aromatic heterocycles. The lowest BCUT2D eigenvalue weighted by Gasteiger charge is -2.02. The van der Waals surface area contributed by atoms with Gasteiger partial charge in [0.15, 0.2) is 0 Å². The first-order valence-electron chi connectivity index (χ1n) is 5.90. The zero-order valence-electron chi connectivity index (χ0n) is 10.4. The van der Waals surface area contributed by atoms with E-state index < -0.39 is 6.10 Å². The van der Waals surface area contributed by atoms with Crippen molar-refractivity contribution in [3.8, 4) is 11.5 Å². The maximum absolute atomic E-state index is 9.81. The minimum Gasteiger partial charge on any atom is -0.385 e. The van der Waals surface area contributed by atoms with Crippen molar-refractivity contribution in [1.82, 2.24) is 10.1 Å². The predicted molar refractivity (Wildman–Crippen MR) is 72.0 cm³/mol. The van der Waals surface area contributed by atoms with Crippen LogP contribution in [0.1, 0.15) is 37.3 Å². The van der Waals surface area contributed by atoms with E-state index in [9.17, 15) is 5.11 Å². The summed E-state index contributed by atoms with van der Waals surface area (Å²) in [5.74, 6) is 0.774. The van der Waals surface area contributed by atoms with Gasteiger partial charge in [0.2, 0.25) is 5.82 Å². The standard InChI is InChI=1S/C13H15BrN2O2/c1-3-4-11(17)12-15-13(18-16-12)9-7-8(2)5-6-10(9)14/h5-7,11,17H,3-4H2,1-2H3. The normalized spacial score (nSPS) is 12.7. The van der Waals surface area contributed by atoms with Gasteiger partial charge in [0.1, 0.15) is 6.10 Å². The molecule has 5 heteroatoms. The van der Waals surface area contributed by atoms with Gasteiger partial charge in [-0.1, -0.05) is 30.1 Å². The first kappa shape index (κ1) is 13.2. The molecule has 1 unspecified atom stereocenters. The van der Waals surface area contributed by atoms with E-state index in [4.69, 9.17) is 4.52 Å². The van der Waals surface area contributed by atoms with Crippen LogP contribution in [0.5, 0.6) is 0 Å². The smallest absolute Gasteiger partial charge is 0.259 e. The topological polar surface area (TPSA) is 59.2 Å². The van der Waals surface area contributed by atoms with Crippen LogP contribution in [0.4, 0.5) is 0 Å². The lowest BCUT2D eigenvalue weighted by molar-refractivity contribution is 0.153. The van der Waals surface area contributed by atoms with Crippen LogP contribution in [0.15, 0.2) is 27.2 Å². The summed E-state index contributed by atoms with van der Waals surface area (Å²) in [6.07, 6.45) is 0.851. The number of hydrogen-bond acceptors (Lipinski definition) is 4. The highest BCUT2D eigenvalue weighted by molar-refractivity contribution is 9.10. The second kappa shape index (κ2) is 5.63. The van der Waals surface area contributed by atoms with E-state index in [1.165, 1.54) is 0 Å². The number of hydrogen-bond donors (Lipinski definition) is 1. The molecule has 96 valence electrons. The Balaban J connectivity index is 2.32. The van der Waals surface area contributed by atoms with E-state index in [1.807, 2.05) is 32.0 Å². The van der Waals surface area contributed by atoms with Crippen LogP contribution in [0, 0.1) is 6.92 Å². The van der Waals surface area contributed by atoms with Gasteiger partial charge in [0.25, 0.3) is 5.89 Å². The number of halogens is 1. The van der Waals surface area contributed by atoms with Crippen molar-refractivity contribution in [2.75, 3.05) is 0 Å². The zero-order valence-corrected chi connectivity index (χ0v) is 11.9. The molecule has 0 radical (unpaired) electrons. The van der Waals surface area contributed by atoms with Crippen molar-refractivity contribution < 1.29 is 9.63 Å². The minimum atomic E-state index is -0.656. The highest BCUT2D eigenvalue weighted by Gasteiger charge is 2.17. The van der Waals surface area contributed by atoms with Gasteiger partial charge in [-0.05, 0) is 41.4 Å². The van der Waals surface area contributed by atoms with Crippen LogP contribution in [0.25, 0.3) is 11.5 Å². The van der Waals surface area contributed by atoms with Crippen molar-refractivity contribution in [2.24, 2.45) is 0 Å². The molecule has 1 atom stereocenters. The minimum absolute atomic E-state index is 0.347. The largest absolute Gasteiger partial charge is 0.385 e. The molecule has 0 amide bonds. The van der Waals surface area contributed by atoms with Crippen LogP contribution in [0.3, 0.4) is 0 Å².